The summed E-state index contributed by atoms with van der Waals surface area (Å²) < 4.78 is 2.20. The van der Waals surface area contributed by atoms with Gasteiger partial charge < -0.3 is 5.73 Å². The highest BCUT2D eigenvalue weighted by Gasteiger charge is 2.44. The van der Waals surface area contributed by atoms with Gasteiger partial charge in [-0.15, -0.1) is 0 Å². The zero-order valence-electron chi connectivity index (χ0n) is 9.71. The van der Waals surface area contributed by atoms with Crippen LogP contribution in [0.25, 0.3) is 11.2 Å². The fourth-order valence-corrected chi connectivity index (χ4v) is 2.92. The number of anilines is 1. The SMILES string of the molecule is Nc1nc2cccnc2n1C(C1CC1)C1CC1. The molecule has 2 aromatic rings. The second-order valence-electron chi connectivity index (χ2n) is 5.35. The molecular formula is C13H16N4. The Labute approximate surface area is 99.9 Å². The molecule has 2 N–H and O–H groups in total. The molecule has 4 heteroatoms. The van der Waals surface area contributed by atoms with Gasteiger partial charge in [-0.05, 0) is 49.7 Å². The monoisotopic (exact) mass is 228 g/mol. The molecule has 0 bridgehead atoms. The Hall–Kier alpha value is -1.58. The first kappa shape index (κ1) is 9.45. The van der Waals surface area contributed by atoms with E-state index in [1.54, 1.807) is 0 Å². The van der Waals surface area contributed by atoms with Crippen LogP contribution in [0.15, 0.2) is 18.3 Å². The van der Waals surface area contributed by atoms with Gasteiger partial charge in [-0.1, -0.05) is 0 Å². The number of imidazole rings is 1. The summed E-state index contributed by atoms with van der Waals surface area (Å²) in [5.41, 5.74) is 7.99. The lowest BCUT2D eigenvalue weighted by molar-refractivity contribution is 0.407. The molecule has 2 saturated carbocycles. The van der Waals surface area contributed by atoms with E-state index in [9.17, 15) is 0 Å². The predicted octanol–water partition coefficient (Wildman–Crippen LogP) is 2.37. The van der Waals surface area contributed by atoms with Gasteiger partial charge in [0.1, 0.15) is 5.52 Å². The number of nitrogen functional groups attached to an aromatic ring is 1. The van der Waals surface area contributed by atoms with Crippen molar-refractivity contribution in [2.45, 2.75) is 31.7 Å². The summed E-state index contributed by atoms with van der Waals surface area (Å²) in [5, 5.41) is 0. The van der Waals surface area contributed by atoms with E-state index in [-0.39, 0.29) is 0 Å². The maximum atomic E-state index is 6.10. The van der Waals surface area contributed by atoms with Gasteiger partial charge in [-0.2, -0.15) is 0 Å². The molecular weight excluding hydrogens is 212 g/mol. The molecule has 2 aliphatic rings. The zero-order chi connectivity index (χ0) is 11.4. The van der Waals surface area contributed by atoms with Crippen LogP contribution in [0, 0.1) is 11.8 Å². The molecule has 2 aliphatic carbocycles. The molecule has 0 unspecified atom stereocenters. The second-order valence-corrected chi connectivity index (χ2v) is 5.35. The summed E-state index contributed by atoms with van der Waals surface area (Å²) in [6, 6.07) is 4.46. The molecule has 2 aromatic heterocycles. The minimum absolute atomic E-state index is 0.551. The number of fused-ring (bicyclic) bond motifs is 1. The van der Waals surface area contributed by atoms with Crippen molar-refractivity contribution < 1.29 is 0 Å². The summed E-state index contributed by atoms with van der Waals surface area (Å²) in [7, 11) is 0. The molecule has 0 aliphatic heterocycles. The molecule has 17 heavy (non-hydrogen) atoms. The Bertz CT molecular complexity index is 554. The Kier molecular flexibility index (Phi) is 1.79. The Morgan fingerprint density at radius 3 is 2.59 bits per heavy atom. The highest BCUT2D eigenvalue weighted by Crippen LogP contribution is 2.53. The van der Waals surface area contributed by atoms with Crippen molar-refractivity contribution in [1.29, 1.82) is 0 Å². The minimum atomic E-state index is 0.551. The average Bonchev–Trinajstić information content (AvgIpc) is 3.21. The van der Waals surface area contributed by atoms with Gasteiger partial charge in [0.15, 0.2) is 5.65 Å². The average molecular weight is 228 g/mol. The number of pyridine rings is 1. The first-order valence-electron chi connectivity index (χ1n) is 6.43. The highest BCUT2D eigenvalue weighted by atomic mass is 15.2. The van der Waals surface area contributed by atoms with Crippen LogP contribution in [-0.2, 0) is 0 Å². The van der Waals surface area contributed by atoms with Crippen LogP contribution in [0.3, 0.4) is 0 Å². The third-order valence-electron chi connectivity index (χ3n) is 3.98. The summed E-state index contributed by atoms with van der Waals surface area (Å²) in [4.78, 5) is 8.90. The van der Waals surface area contributed by atoms with Crippen molar-refractivity contribution in [3.05, 3.63) is 18.3 Å². The quantitative estimate of drug-likeness (QED) is 0.877. The molecule has 88 valence electrons. The number of aromatic nitrogens is 3. The maximum Gasteiger partial charge on any atom is 0.202 e. The van der Waals surface area contributed by atoms with E-state index >= 15 is 0 Å². The predicted molar refractivity (Wildman–Crippen MR) is 66.4 cm³/mol. The fraction of sp³-hybridized carbons (Fsp3) is 0.538. The molecule has 4 nitrogen and oxygen atoms in total. The largest absolute Gasteiger partial charge is 0.369 e. The second kappa shape index (κ2) is 3.22. The van der Waals surface area contributed by atoms with Gasteiger partial charge >= 0.3 is 0 Å². The van der Waals surface area contributed by atoms with Crippen molar-refractivity contribution >= 4 is 17.1 Å². The van der Waals surface area contributed by atoms with Crippen LogP contribution in [-0.4, -0.2) is 14.5 Å². The van der Waals surface area contributed by atoms with Crippen molar-refractivity contribution in [2.75, 3.05) is 5.73 Å². The smallest absolute Gasteiger partial charge is 0.202 e. The third-order valence-corrected chi connectivity index (χ3v) is 3.98. The van der Waals surface area contributed by atoms with Gasteiger partial charge in [0, 0.05) is 12.2 Å². The lowest BCUT2D eigenvalue weighted by atomic mass is 10.1. The molecule has 0 radical (unpaired) electrons. The van der Waals surface area contributed by atoms with Crippen LogP contribution in [0.5, 0.6) is 0 Å². The maximum absolute atomic E-state index is 6.10. The molecule has 0 saturated heterocycles. The number of rotatable bonds is 3. The van der Waals surface area contributed by atoms with E-state index in [1.165, 1.54) is 25.7 Å². The molecule has 0 atom stereocenters. The van der Waals surface area contributed by atoms with Gasteiger partial charge in [-0.3, -0.25) is 4.57 Å². The Morgan fingerprint density at radius 2 is 1.94 bits per heavy atom. The van der Waals surface area contributed by atoms with Crippen molar-refractivity contribution in [1.82, 2.24) is 14.5 Å². The van der Waals surface area contributed by atoms with Gasteiger partial charge in [-0.25, -0.2) is 9.97 Å². The van der Waals surface area contributed by atoms with Crippen LogP contribution in [0.2, 0.25) is 0 Å². The molecule has 4 rings (SSSR count). The van der Waals surface area contributed by atoms with E-state index in [0.717, 1.165) is 23.0 Å². The third kappa shape index (κ3) is 1.43. The van der Waals surface area contributed by atoms with Crippen molar-refractivity contribution in [3.63, 3.8) is 0 Å². The lowest BCUT2D eigenvalue weighted by Gasteiger charge is -2.19. The minimum Gasteiger partial charge on any atom is -0.369 e. The van der Waals surface area contributed by atoms with E-state index in [4.69, 9.17) is 5.73 Å². The Morgan fingerprint density at radius 1 is 1.24 bits per heavy atom. The highest BCUT2D eigenvalue weighted by molar-refractivity contribution is 5.74. The first-order chi connectivity index (χ1) is 8.34. The number of hydrogen-bond acceptors (Lipinski definition) is 3. The van der Waals surface area contributed by atoms with Crippen LogP contribution in [0.1, 0.15) is 31.7 Å². The molecule has 2 fully saturated rings. The van der Waals surface area contributed by atoms with Gasteiger partial charge in [0.25, 0.3) is 0 Å². The lowest BCUT2D eigenvalue weighted by Crippen LogP contribution is -2.16. The van der Waals surface area contributed by atoms with E-state index in [0.29, 0.717) is 12.0 Å². The normalized spacial score (nSPS) is 20.3. The molecule has 0 aromatic carbocycles. The van der Waals surface area contributed by atoms with E-state index < -0.39 is 0 Å². The number of hydrogen-bond donors (Lipinski definition) is 1. The van der Waals surface area contributed by atoms with Crippen molar-refractivity contribution in [2.24, 2.45) is 11.8 Å². The first-order valence-corrected chi connectivity index (χ1v) is 6.43. The summed E-state index contributed by atoms with van der Waals surface area (Å²) in [6.45, 7) is 0. The van der Waals surface area contributed by atoms with Gasteiger partial charge in [0.2, 0.25) is 5.95 Å². The van der Waals surface area contributed by atoms with Crippen LogP contribution < -0.4 is 5.73 Å². The zero-order valence-corrected chi connectivity index (χ0v) is 9.71. The topological polar surface area (TPSA) is 56.7 Å². The Balaban J connectivity index is 1.90. The van der Waals surface area contributed by atoms with Crippen LogP contribution >= 0.6 is 0 Å². The number of nitrogens with zero attached hydrogens (tertiary/aromatic N) is 3. The molecule has 0 spiro atoms. The molecule has 0 amide bonds. The van der Waals surface area contributed by atoms with E-state index in [1.807, 2.05) is 18.3 Å². The van der Waals surface area contributed by atoms with Crippen molar-refractivity contribution in [3.8, 4) is 0 Å². The van der Waals surface area contributed by atoms with E-state index in [2.05, 4.69) is 14.5 Å². The standard InChI is InChI=1S/C13H16N4/c14-13-16-10-2-1-7-15-12(10)17(13)11(8-3-4-8)9-5-6-9/h1-2,7-9,11H,3-6H2,(H2,14,16). The molecule has 2 heterocycles. The summed E-state index contributed by atoms with van der Waals surface area (Å²) >= 11 is 0. The van der Waals surface area contributed by atoms with Gasteiger partial charge in [0.05, 0.1) is 0 Å². The summed E-state index contributed by atoms with van der Waals surface area (Å²) in [6.07, 6.45) is 7.19. The fourth-order valence-electron chi connectivity index (χ4n) is 2.92. The van der Waals surface area contributed by atoms with Crippen LogP contribution in [0.4, 0.5) is 5.95 Å². The number of nitrogens with two attached hydrogens (primary N) is 1. The summed E-state index contributed by atoms with van der Waals surface area (Å²) in [5.74, 6) is 2.26.